The van der Waals surface area contributed by atoms with Crippen LogP contribution < -0.4 is 5.73 Å². The van der Waals surface area contributed by atoms with Crippen LogP contribution in [0.25, 0.3) is 22.3 Å². The molecule has 0 saturated carbocycles. The summed E-state index contributed by atoms with van der Waals surface area (Å²) in [5.41, 5.74) is 8.46. The lowest BCUT2D eigenvalue weighted by atomic mass is 10.1. The molecule has 0 saturated heterocycles. The third-order valence-electron chi connectivity index (χ3n) is 2.74. The Bertz CT molecular complexity index is 625. The number of nitrogens with two attached hydrogens (primary N) is 1. The first-order valence-electron chi connectivity index (χ1n) is 5.50. The summed E-state index contributed by atoms with van der Waals surface area (Å²) in [6.45, 7) is 0.487. The van der Waals surface area contributed by atoms with Gasteiger partial charge in [-0.05, 0) is 23.8 Å². The van der Waals surface area contributed by atoms with E-state index in [-0.39, 0.29) is 0 Å². The van der Waals surface area contributed by atoms with E-state index in [0.717, 1.165) is 27.9 Å². The molecule has 17 heavy (non-hydrogen) atoms. The fourth-order valence-electron chi connectivity index (χ4n) is 1.86. The molecule has 0 fully saturated rings. The van der Waals surface area contributed by atoms with Crippen molar-refractivity contribution in [3.8, 4) is 11.3 Å². The lowest BCUT2D eigenvalue weighted by Crippen LogP contribution is -1.96. The van der Waals surface area contributed by atoms with Crippen LogP contribution in [0, 0.1) is 0 Å². The molecule has 1 aromatic carbocycles. The molecule has 0 amide bonds. The first-order chi connectivity index (χ1) is 8.36. The molecule has 3 heteroatoms. The van der Waals surface area contributed by atoms with Crippen LogP contribution >= 0.6 is 0 Å². The number of hydrogen-bond acceptors (Lipinski definition) is 3. The van der Waals surface area contributed by atoms with Gasteiger partial charge in [0, 0.05) is 29.9 Å². The Kier molecular flexibility index (Phi) is 2.38. The van der Waals surface area contributed by atoms with E-state index in [2.05, 4.69) is 4.98 Å². The van der Waals surface area contributed by atoms with Crippen LogP contribution in [0.1, 0.15) is 5.56 Å². The quantitative estimate of drug-likeness (QED) is 0.728. The summed E-state index contributed by atoms with van der Waals surface area (Å²) in [5, 5.41) is 1.10. The molecule has 3 rings (SSSR count). The maximum atomic E-state index is 5.77. The molecule has 2 N–H and O–H groups in total. The number of furan rings is 1. The molecule has 0 atom stereocenters. The van der Waals surface area contributed by atoms with Gasteiger partial charge in [0.2, 0.25) is 0 Å². The van der Waals surface area contributed by atoms with E-state index in [1.54, 1.807) is 12.4 Å². The Balaban J connectivity index is 2.13. The van der Waals surface area contributed by atoms with Crippen LogP contribution in [0.4, 0.5) is 0 Å². The fraction of sp³-hybridized carbons (Fsp3) is 0.0714. The molecule has 84 valence electrons. The highest BCUT2D eigenvalue weighted by Gasteiger charge is 2.06. The fourth-order valence-corrected chi connectivity index (χ4v) is 1.86. The van der Waals surface area contributed by atoms with Crippen molar-refractivity contribution >= 4 is 11.0 Å². The van der Waals surface area contributed by atoms with Gasteiger partial charge in [-0.1, -0.05) is 18.2 Å². The van der Waals surface area contributed by atoms with Crippen molar-refractivity contribution in [2.45, 2.75) is 6.54 Å². The van der Waals surface area contributed by atoms with Crippen molar-refractivity contribution in [1.29, 1.82) is 0 Å². The molecule has 0 spiro atoms. The highest BCUT2D eigenvalue weighted by Crippen LogP contribution is 2.27. The van der Waals surface area contributed by atoms with E-state index >= 15 is 0 Å². The van der Waals surface area contributed by atoms with Gasteiger partial charge >= 0.3 is 0 Å². The summed E-state index contributed by atoms with van der Waals surface area (Å²) >= 11 is 0. The molecule has 2 aromatic heterocycles. The minimum atomic E-state index is 0.487. The van der Waals surface area contributed by atoms with E-state index in [1.807, 2.05) is 36.4 Å². The second-order valence-corrected chi connectivity index (χ2v) is 3.93. The van der Waals surface area contributed by atoms with Crippen LogP contribution in [-0.4, -0.2) is 4.98 Å². The van der Waals surface area contributed by atoms with E-state index in [1.165, 1.54) is 0 Å². The molecule has 0 unspecified atom stereocenters. The topological polar surface area (TPSA) is 52.0 Å². The maximum absolute atomic E-state index is 5.77. The molecule has 0 aliphatic heterocycles. The van der Waals surface area contributed by atoms with Crippen molar-refractivity contribution < 1.29 is 4.42 Å². The molecule has 0 radical (unpaired) electrons. The number of nitrogens with zero attached hydrogens (tertiary/aromatic N) is 1. The number of hydrogen-bond donors (Lipinski definition) is 1. The molecule has 2 heterocycles. The van der Waals surface area contributed by atoms with Gasteiger partial charge in [0.25, 0.3) is 0 Å². The Morgan fingerprint density at radius 3 is 2.82 bits per heavy atom. The van der Waals surface area contributed by atoms with E-state index in [4.69, 9.17) is 10.2 Å². The maximum Gasteiger partial charge on any atom is 0.136 e. The Morgan fingerprint density at radius 2 is 2.00 bits per heavy atom. The Morgan fingerprint density at radius 1 is 1.12 bits per heavy atom. The Labute approximate surface area is 98.9 Å². The van der Waals surface area contributed by atoms with Gasteiger partial charge in [-0.15, -0.1) is 0 Å². The predicted molar refractivity (Wildman–Crippen MR) is 67.3 cm³/mol. The number of pyridine rings is 1. The second-order valence-electron chi connectivity index (χ2n) is 3.93. The third kappa shape index (κ3) is 1.81. The van der Waals surface area contributed by atoms with Gasteiger partial charge in [-0.3, -0.25) is 4.98 Å². The van der Waals surface area contributed by atoms with Gasteiger partial charge in [-0.25, -0.2) is 0 Å². The monoisotopic (exact) mass is 224 g/mol. The summed E-state index contributed by atoms with van der Waals surface area (Å²) in [4.78, 5) is 4.16. The minimum Gasteiger partial charge on any atom is -0.456 e. The van der Waals surface area contributed by atoms with Crippen LogP contribution in [0.2, 0.25) is 0 Å². The van der Waals surface area contributed by atoms with Gasteiger partial charge < -0.3 is 10.2 Å². The van der Waals surface area contributed by atoms with Crippen LogP contribution in [0.3, 0.4) is 0 Å². The van der Waals surface area contributed by atoms with E-state index in [0.29, 0.717) is 6.54 Å². The third-order valence-corrected chi connectivity index (χ3v) is 2.74. The average Bonchev–Trinajstić information content (AvgIpc) is 2.82. The van der Waals surface area contributed by atoms with E-state index in [9.17, 15) is 0 Å². The van der Waals surface area contributed by atoms with Crippen molar-refractivity contribution in [1.82, 2.24) is 4.98 Å². The highest BCUT2D eigenvalue weighted by molar-refractivity contribution is 5.82. The normalized spacial score (nSPS) is 10.9. The van der Waals surface area contributed by atoms with E-state index < -0.39 is 0 Å². The molecular weight excluding hydrogens is 212 g/mol. The molecule has 0 aliphatic carbocycles. The number of benzene rings is 1. The molecule has 0 bridgehead atoms. The zero-order valence-electron chi connectivity index (χ0n) is 9.26. The van der Waals surface area contributed by atoms with Crippen LogP contribution in [-0.2, 0) is 6.54 Å². The van der Waals surface area contributed by atoms with Crippen LogP contribution in [0.15, 0.2) is 53.2 Å². The first kappa shape index (κ1) is 10.1. The number of rotatable bonds is 2. The van der Waals surface area contributed by atoms with Crippen molar-refractivity contribution in [2.75, 3.05) is 0 Å². The van der Waals surface area contributed by atoms with Gasteiger partial charge in [0.05, 0.1) is 0 Å². The number of aromatic nitrogens is 1. The van der Waals surface area contributed by atoms with Gasteiger partial charge in [-0.2, -0.15) is 0 Å². The summed E-state index contributed by atoms with van der Waals surface area (Å²) in [5.74, 6) is 0.828. The lowest BCUT2D eigenvalue weighted by molar-refractivity contribution is 0.631. The van der Waals surface area contributed by atoms with Crippen molar-refractivity contribution in [2.24, 2.45) is 5.73 Å². The van der Waals surface area contributed by atoms with Gasteiger partial charge in [0.1, 0.15) is 11.3 Å². The smallest absolute Gasteiger partial charge is 0.136 e. The highest BCUT2D eigenvalue weighted by atomic mass is 16.3. The SMILES string of the molecule is NCc1cncc(-c2cc3ccccc3o2)c1. The Hall–Kier alpha value is -2.13. The number of fused-ring (bicyclic) bond motifs is 1. The molecule has 3 aromatic rings. The first-order valence-corrected chi connectivity index (χ1v) is 5.50. The zero-order chi connectivity index (χ0) is 11.7. The lowest BCUT2D eigenvalue weighted by Gasteiger charge is -1.99. The van der Waals surface area contributed by atoms with Crippen molar-refractivity contribution in [3.05, 3.63) is 54.4 Å². The summed E-state index contributed by atoms with van der Waals surface area (Å²) < 4.78 is 5.77. The summed E-state index contributed by atoms with van der Waals surface area (Å²) in [6, 6.07) is 12.0. The second kappa shape index (κ2) is 4.03. The molecular formula is C14H12N2O. The summed E-state index contributed by atoms with van der Waals surface area (Å²) in [7, 11) is 0. The number of para-hydroxylation sites is 1. The zero-order valence-corrected chi connectivity index (χ0v) is 9.26. The largest absolute Gasteiger partial charge is 0.456 e. The van der Waals surface area contributed by atoms with Crippen molar-refractivity contribution in [3.63, 3.8) is 0 Å². The predicted octanol–water partition coefficient (Wildman–Crippen LogP) is 2.95. The average molecular weight is 224 g/mol. The van der Waals surface area contributed by atoms with Crippen LogP contribution in [0.5, 0.6) is 0 Å². The molecule has 3 nitrogen and oxygen atoms in total. The molecule has 0 aliphatic rings. The summed E-state index contributed by atoms with van der Waals surface area (Å²) in [6.07, 6.45) is 3.56. The standard InChI is InChI=1S/C14H12N2O/c15-7-10-5-12(9-16-8-10)14-6-11-3-1-2-4-13(11)17-14/h1-6,8-9H,7,15H2. The van der Waals surface area contributed by atoms with Gasteiger partial charge in [0.15, 0.2) is 0 Å². The minimum absolute atomic E-state index is 0.487.